The average molecular weight is 490 g/mol. The zero-order chi connectivity index (χ0) is 23.0. The van der Waals surface area contributed by atoms with Gasteiger partial charge in [0.15, 0.2) is 0 Å². The van der Waals surface area contributed by atoms with Crippen molar-refractivity contribution in [2.45, 2.75) is 19.9 Å². The lowest BCUT2D eigenvalue weighted by Crippen LogP contribution is -2.29. The summed E-state index contributed by atoms with van der Waals surface area (Å²) in [6.07, 6.45) is 0. The van der Waals surface area contributed by atoms with Crippen molar-refractivity contribution in [1.82, 2.24) is 10.2 Å². The molecule has 1 amide bonds. The monoisotopic (exact) mass is 489 g/mol. The van der Waals surface area contributed by atoms with E-state index in [-0.39, 0.29) is 21.5 Å². The molecule has 1 aliphatic rings. The number of carbonyl (C=O) groups excluding carboxylic acids is 2. The van der Waals surface area contributed by atoms with Gasteiger partial charge in [-0.2, -0.15) is 0 Å². The van der Waals surface area contributed by atoms with Crippen LogP contribution in [-0.2, 0) is 9.59 Å². The van der Waals surface area contributed by atoms with Gasteiger partial charge in [-0.25, -0.2) is 0 Å². The molecule has 0 spiro atoms. The minimum Gasteiger partial charge on any atom is -0.507 e. The minimum atomic E-state index is -0.955. The van der Waals surface area contributed by atoms with Crippen LogP contribution < -0.4 is 9.64 Å². The van der Waals surface area contributed by atoms with E-state index in [0.717, 1.165) is 11.3 Å². The number of aryl methyl sites for hydroxylation is 1. The first-order chi connectivity index (χ1) is 15.3. The summed E-state index contributed by atoms with van der Waals surface area (Å²) in [5.74, 6) is -1.34. The SMILES string of the molecule is CCOc1ccc(/C(O)=C2\C(=O)C(=O)N(c3nnc(C)s3)[C@H]2c2ccc(Cl)c(Cl)c2)cc1. The molecule has 4 rings (SSSR count). The molecule has 0 aliphatic carbocycles. The van der Waals surface area contributed by atoms with Crippen molar-refractivity contribution in [3.63, 3.8) is 0 Å². The molecule has 164 valence electrons. The second-order valence-electron chi connectivity index (χ2n) is 6.90. The van der Waals surface area contributed by atoms with Gasteiger partial charge in [0, 0.05) is 5.56 Å². The normalized spacial score (nSPS) is 17.8. The van der Waals surface area contributed by atoms with Gasteiger partial charge in [-0.1, -0.05) is 40.6 Å². The third-order valence-electron chi connectivity index (χ3n) is 4.86. The van der Waals surface area contributed by atoms with Gasteiger partial charge in [0.1, 0.15) is 16.5 Å². The fourth-order valence-electron chi connectivity index (χ4n) is 3.44. The molecule has 0 bridgehead atoms. The molecule has 7 nitrogen and oxygen atoms in total. The molecule has 2 aromatic carbocycles. The summed E-state index contributed by atoms with van der Waals surface area (Å²) < 4.78 is 5.43. The number of aliphatic hydroxyl groups excluding tert-OH is 1. The first kappa shape index (κ1) is 22.3. The van der Waals surface area contributed by atoms with Crippen LogP contribution in [0.25, 0.3) is 5.76 Å². The van der Waals surface area contributed by atoms with Gasteiger partial charge in [0.25, 0.3) is 5.78 Å². The number of hydrogen-bond donors (Lipinski definition) is 1. The summed E-state index contributed by atoms with van der Waals surface area (Å²) in [4.78, 5) is 27.3. The van der Waals surface area contributed by atoms with E-state index < -0.39 is 17.7 Å². The molecule has 10 heteroatoms. The number of ether oxygens (including phenoxy) is 1. The van der Waals surface area contributed by atoms with E-state index in [0.29, 0.717) is 33.5 Å². The largest absolute Gasteiger partial charge is 0.507 e. The van der Waals surface area contributed by atoms with Crippen LogP contribution in [0.2, 0.25) is 10.0 Å². The maximum Gasteiger partial charge on any atom is 0.301 e. The van der Waals surface area contributed by atoms with Gasteiger partial charge in [0.2, 0.25) is 5.13 Å². The van der Waals surface area contributed by atoms with Crippen molar-refractivity contribution in [2.75, 3.05) is 11.5 Å². The molecule has 32 heavy (non-hydrogen) atoms. The Morgan fingerprint density at radius 2 is 1.84 bits per heavy atom. The molecular formula is C22H17Cl2N3O4S. The summed E-state index contributed by atoms with van der Waals surface area (Å²) >= 11 is 13.4. The van der Waals surface area contributed by atoms with Crippen LogP contribution in [-0.4, -0.2) is 33.6 Å². The van der Waals surface area contributed by atoms with Gasteiger partial charge in [-0.15, -0.1) is 10.2 Å². The molecule has 3 aromatic rings. The van der Waals surface area contributed by atoms with Crippen molar-refractivity contribution in [1.29, 1.82) is 0 Å². The van der Waals surface area contributed by atoms with E-state index in [1.807, 2.05) is 6.92 Å². The number of halogens is 2. The van der Waals surface area contributed by atoms with Gasteiger partial charge < -0.3 is 9.84 Å². The smallest absolute Gasteiger partial charge is 0.301 e. The number of nitrogens with zero attached hydrogens (tertiary/aromatic N) is 3. The Bertz CT molecular complexity index is 1240. The number of ketones is 1. The van der Waals surface area contributed by atoms with Gasteiger partial charge >= 0.3 is 5.91 Å². The van der Waals surface area contributed by atoms with Crippen molar-refractivity contribution in [3.05, 3.63) is 74.2 Å². The zero-order valence-corrected chi connectivity index (χ0v) is 19.3. The lowest BCUT2D eigenvalue weighted by molar-refractivity contribution is -0.132. The number of rotatable bonds is 5. The molecule has 1 saturated heterocycles. The summed E-state index contributed by atoms with van der Waals surface area (Å²) in [5, 5.41) is 20.5. The summed E-state index contributed by atoms with van der Waals surface area (Å²) in [5.41, 5.74) is 0.786. The number of carbonyl (C=O) groups is 2. The third kappa shape index (κ3) is 3.97. The zero-order valence-electron chi connectivity index (χ0n) is 17.0. The summed E-state index contributed by atoms with van der Waals surface area (Å²) in [6.45, 7) is 4.10. The first-order valence-electron chi connectivity index (χ1n) is 9.61. The Morgan fingerprint density at radius 1 is 1.12 bits per heavy atom. The van der Waals surface area contributed by atoms with Crippen molar-refractivity contribution >= 4 is 57.1 Å². The van der Waals surface area contributed by atoms with E-state index >= 15 is 0 Å². The number of hydrogen-bond acceptors (Lipinski definition) is 7. The summed E-state index contributed by atoms with van der Waals surface area (Å²) in [6, 6.07) is 10.4. The molecule has 0 unspecified atom stereocenters. The van der Waals surface area contributed by atoms with E-state index in [1.54, 1.807) is 49.4 Å². The van der Waals surface area contributed by atoms with Crippen molar-refractivity contribution in [3.8, 4) is 5.75 Å². The second kappa shape index (κ2) is 8.90. The maximum absolute atomic E-state index is 13.1. The molecule has 0 saturated carbocycles. The highest BCUT2D eigenvalue weighted by Gasteiger charge is 2.48. The predicted octanol–water partition coefficient (Wildman–Crippen LogP) is 5.18. The van der Waals surface area contributed by atoms with Crippen LogP contribution in [0, 0.1) is 6.92 Å². The fraction of sp³-hybridized carbons (Fsp3) is 0.182. The Kier molecular flexibility index (Phi) is 6.19. The number of benzene rings is 2. The van der Waals surface area contributed by atoms with Crippen LogP contribution in [0.15, 0.2) is 48.0 Å². The lowest BCUT2D eigenvalue weighted by Gasteiger charge is -2.23. The first-order valence-corrected chi connectivity index (χ1v) is 11.2. The van der Waals surface area contributed by atoms with E-state index in [1.165, 1.54) is 4.90 Å². The summed E-state index contributed by atoms with van der Waals surface area (Å²) in [7, 11) is 0. The number of aliphatic hydroxyl groups is 1. The highest BCUT2D eigenvalue weighted by atomic mass is 35.5. The van der Waals surface area contributed by atoms with Crippen LogP contribution in [0.5, 0.6) is 5.75 Å². The lowest BCUT2D eigenvalue weighted by atomic mass is 9.95. The Labute approximate surface area is 197 Å². The maximum atomic E-state index is 13.1. The third-order valence-corrected chi connectivity index (χ3v) is 6.44. The van der Waals surface area contributed by atoms with E-state index in [9.17, 15) is 14.7 Å². The average Bonchev–Trinajstić information content (AvgIpc) is 3.31. The molecule has 0 radical (unpaired) electrons. The van der Waals surface area contributed by atoms with Gasteiger partial charge in [-0.3, -0.25) is 14.5 Å². The van der Waals surface area contributed by atoms with Crippen LogP contribution in [0.3, 0.4) is 0 Å². The molecule has 1 aliphatic heterocycles. The number of anilines is 1. The highest BCUT2D eigenvalue weighted by molar-refractivity contribution is 7.15. The molecule has 1 aromatic heterocycles. The standard InChI is InChI=1S/C22H17Cl2N3O4S/c1-3-31-14-7-4-12(5-8-14)19(28)17-18(13-6-9-15(23)16(24)10-13)27(21(30)20(17)29)22-26-25-11(2)32-22/h4-10,18,28H,3H2,1-2H3/b19-17+/t18-/m0/s1. The van der Waals surface area contributed by atoms with Crippen LogP contribution in [0.4, 0.5) is 5.13 Å². The van der Waals surface area contributed by atoms with Crippen molar-refractivity contribution in [2.24, 2.45) is 0 Å². The molecular weight excluding hydrogens is 473 g/mol. The fourth-order valence-corrected chi connectivity index (χ4v) is 4.46. The predicted molar refractivity (Wildman–Crippen MR) is 124 cm³/mol. The second-order valence-corrected chi connectivity index (χ2v) is 8.88. The molecule has 1 fully saturated rings. The van der Waals surface area contributed by atoms with Crippen molar-refractivity contribution < 1.29 is 19.4 Å². The molecule has 2 heterocycles. The Hall–Kier alpha value is -2.94. The van der Waals surface area contributed by atoms with Gasteiger partial charge in [0.05, 0.1) is 28.3 Å². The van der Waals surface area contributed by atoms with E-state index in [4.69, 9.17) is 27.9 Å². The Balaban J connectivity index is 1.90. The van der Waals surface area contributed by atoms with Crippen LogP contribution in [0.1, 0.15) is 29.1 Å². The van der Waals surface area contributed by atoms with Gasteiger partial charge in [-0.05, 0) is 55.8 Å². The highest BCUT2D eigenvalue weighted by Crippen LogP contribution is 2.44. The molecule has 1 atom stereocenters. The van der Waals surface area contributed by atoms with Crippen LogP contribution >= 0.6 is 34.5 Å². The number of amides is 1. The number of Topliss-reactive ketones (excluding diaryl/α,β-unsaturated/α-hetero) is 1. The quantitative estimate of drug-likeness (QED) is 0.301. The minimum absolute atomic E-state index is 0.0783. The molecule has 1 N–H and O–H groups in total. The van der Waals surface area contributed by atoms with E-state index in [2.05, 4.69) is 10.2 Å². The number of aromatic nitrogens is 2. The topological polar surface area (TPSA) is 92.6 Å². The Morgan fingerprint density at radius 3 is 2.44 bits per heavy atom.